The van der Waals surface area contributed by atoms with Crippen molar-refractivity contribution in [3.8, 4) is 0 Å². The van der Waals surface area contributed by atoms with Crippen LogP contribution in [0.2, 0.25) is 0 Å². The standard InChI is InChI=1S/2FH.Li.Th.H/h2*1H;;;. The maximum Gasteiger partial charge on any atom is 0 e. The van der Waals surface area contributed by atoms with Gasteiger partial charge in [0.1, 0.15) is 0 Å². The minimum atomic E-state index is 0. The fraction of sp³-hybridized carbons (Fsp3) is 0. The predicted octanol–water partition coefficient (Wildman–Crippen LogP) is -0.343. The predicted molar refractivity (Wildman–Crippen MR) is 12.2 cm³/mol. The Morgan fingerprint density at radius 3 is 0.750 bits per heavy atom. The summed E-state index contributed by atoms with van der Waals surface area (Å²) in [6.07, 6.45) is 0. The molecule has 0 N–H and O–H groups in total. The summed E-state index contributed by atoms with van der Waals surface area (Å²) in [6.45, 7) is 0. The second-order valence-corrected chi connectivity index (χ2v) is 0. The number of halogens is 2. The Bertz CT molecular complexity index is 6.00. The van der Waals surface area contributed by atoms with Crippen LogP contribution in [0.4, 0.5) is 9.41 Å². The van der Waals surface area contributed by atoms with Crippen LogP contribution < -0.4 is 0 Å². The normalized spacial score (nSPS) is 0. The summed E-state index contributed by atoms with van der Waals surface area (Å²) >= 11 is 0. The molecule has 0 heterocycles. The number of hydrogen-bond donors (Lipinski definition) is 0. The van der Waals surface area contributed by atoms with Crippen LogP contribution in [-0.2, 0) is 0 Å². The van der Waals surface area contributed by atoms with Crippen LogP contribution in [-0.4, -0.2) is 18.9 Å². The van der Waals surface area contributed by atoms with Gasteiger partial charge in [-0.3, -0.25) is 9.41 Å². The van der Waals surface area contributed by atoms with Crippen molar-refractivity contribution in [1.82, 2.24) is 0 Å². The summed E-state index contributed by atoms with van der Waals surface area (Å²) in [4.78, 5) is 0. The largest absolute Gasteiger partial charge is 0 e. The van der Waals surface area contributed by atoms with Gasteiger partial charge >= 0.3 is 18.9 Å². The van der Waals surface area contributed by atoms with E-state index >= 15 is 0 Å². The fourth-order valence-electron chi connectivity index (χ4n) is 0. The van der Waals surface area contributed by atoms with Gasteiger partial charge in [-0.15, -0.1) is 0 Å². The van der Waals surface area contributed by atoms with E-state index in [4.69, 9.17) is 0 Å². The molecule has 0 aliphatic heterocycles. The van der Waals surface area contributed by atoms with Gasteiger partial charge < -0.3 is 0 Å². The molecule has 0 radical (unpaired) electrons. The Morgan fingerprint density at radius 1 is 0.750 bits per heavy atom. The van der Waals surface area contributed by atoms with Crippen molar-refractivity contribution in [2.75, 3.05) is 0 Å². The first-order chi connectivity index (χ1) is 0. The van der Waals surface area contributed by atoms with Crippen LogP contribution in [0.1, 0.15) is 0 Å². The van der Waals surface area contributed by atoms with E-state index in [9.17, 15) is 0 Å². The summed E-state index contributed by atoms with van der Waals surface area (Å²) in [6, 6.07) is 0. The van der Waals surface area contributed by atoms with E-state index < -0.39 is 0 Å². The zero-order chi connectivity index (χ0) is 0. The van der Waals surface area contributed by atoms with Crippen molar-refractivity contribution in [3.05, 3.63) is 0 Å². The van der Waals surface area contributed by atoms with Crippen LogP contribution in [0.5, 0.6) is 0 Å². The van der Waals surface area contributed by atoms with Gasteiger partial charge in [-0.1, -0.05) is 0 Å². The Labute approximate surface area is 67.3 Å². The molecule has 0 rings (SSSR count). The van der Waals surface area contributed by atoms with Gasteiger partial charge in [0, 0.05) is 39.9 Å². The van der Waals surface area contributed by atoms with Crippen LogP contribution in [0, 0.1) is 39.9 Å². The maximum absolute atomic E-state index is 0. The molecule has 0 aromatic carbocycles. The third kappa shape index (κ3) is 9.22. The van der Waals surface area contributed by atoms with Gasteiger partial charge in [-0.2, -0.15) is 0 Å². The minimum Gasteiger partial charge on any atom is 0 e. The molecule has 0 atom stereocenters. The van der Waals surface area contributed by atoms with E-state index in [0.29, 0.717) is 0 Å². The minimum absolute atomic E-state index is 0. The number of rotatable bonds is 0. The van der Waals surface area contributed by atoms with E-state index in [-0.39, 0.29) is 68.2 Å². The molecule has 22 valence electrons. The van der Waals surface area contributed by atoms with Gasteiger partial charge in [0.15, 0.2) is 0 Å². The monoisotopic (exact) mass is 280 g/mol. The second kappa shape index (κ2) is 21.5. The van der Waals surface area contributed by atoms with Crippen LogP contribution in [0.3, 0.4) is 0 Å². The summed E-state index contributed by atoms with van der Waals surface area (Å²) in [7, 11) is 0. The van der Waals surface area contributed by atoms with E-state index in [0.717, 1.165) is 0 Å². The van der Waals surface area contributed by atoms with Gasteiger partial charge in [-0.05, 0) is 0 Å². The molecule has 0 saturated heterocycles. The Kier molecular flexibility index (Phi) is 224. The fourth-order valence-corrected chi connectivity index (χ4v) is 0. The van der Waals surface area contributed by atoms with Crippen molar-refractivity contribution >= 4 is 18.9 Å². The van der Waals surface area contributed by atoms with E-state index in [1.54, 1.807) is 0 Å². The molecule has 0 fully saturated rings. The van der Waals surface area contributed by atoms with Crippen LogP contribution >= 0.6 is 0 Å². The van der Waals surface area contributed by atoms with Crippen LogP contribution in [0.25, 0.3) is 0 Å². The van der Waals surface area contributed by atoms with Crippen molar-refractivity contribution in [2.24, 2.45) is 0 Å². The topological polar surface area (TPSA) is 0 Å². The van der Waals surface area contributed by atoms with Crippen molar-refractivity contribution in [1.29, 1.82) is 0 Å². The van der Waals surface area contributed by atoms with Gasteiger partial charge in [0.05, 0.1) is 0 Å². The molecule has 0 bridgehead atoms. The molecular formula is H3F2LiTh. The maximum atomic E-state index is 0. The van der Waals surface area contributed by atoms with Gasteiger partial charge in [-0.25, -0.2) is 0 Å². The summed E-state index contributed by atoms with van der Waals surface area (Å²) in [5.74, 6) is 0. The van der Waals surface area contributed by atoms with Crippen LogP contribution in [0.15, 0.2) is 0 Å². The molecule has 0 unspecified atom stereocenters. The summed E-state index contributed by atoms with van der Waals surface area (Å²) in [5, 5.41) is 0. The van der Waals surface area contributed by atoms with E-state index in [1.165, 1.54) is 0 Å². The van der Waals surface area contributed by atoms with E-state index in [1.807, 2.05) is 0 Å². The molecule has 0 aliphatic rings. The Hall–Kier alpha value is 1.78. The quantitative estimate of drug-likeness (QED) is 0.532. The zero-order valence-electron chi connectivity index (χ0n) is 1.32. The van der Waals surface area contributed by atoms with Crippen molar-refractivity contribution in [3.63, 3.8) is 0 Å². The molecule has 0 nitrogen and oxygen atoms in total. The molecule has 0 saturated carbocycles. The summed E-state index contributed by atoms with van der Waals surface area (Å²) < 4.78 is 0. The molecule has 0 aromatic rings. The molecule has 0 aromatic heterocycles. The van der Waals surface area contributed by atoms with Gasteiger partial charge in [0.2, 0.25) is 0 Å². The van der Waals surface area contributed by atoms with Crippen molar-refractivity contribution in [2.45, 2.75) is 0 Å². The first-order valence-electron chi connectivity index (χ1n) is 0. The first kappa shape index (κ1) is 41.6. The average molecular weight is 280 g/mol. The molecule has 0 aliphatic carbocycles. The SMILES string of the molecule is F.F.[LiH].[Th]. The molecule has 0 amide bonds. The second-order valence-electron chi connectivity index (χ2n) is 0. The first-order valence-corrected chi connectivity index (χ1v) is 0. The van der Waals surface area contributed by atoms with Crippen molar-refractivity contribution < 1.29 is 49.3 Å². The third-order valence-electron chi connectivity index (χ3n) is 0. The molecule has 4 heavy (non-hydrogen) atoms. The third-order valence-corrected chi connectivity index (χ3v) is 0. The van der Waals surface area contributed by atoms with Gasteiger partial charge in [0.25, 0.3) is 0 Å². The Balaban J connectivity index is 0. The average Bonchev–Trinajstić information content (AvgIpc) is 0. The molecular weight excluding hydrogens is 277 g/mol. The zero-order valence-corrected chi connectivity index (χ0v) is 5.43. The summed E-state index contributed by atoms with van der Waals surface area (Å²) in [5.41, 5.74) is 0. The molecule has 4 heteroatoms. The smallest absolute Gasteiger partial charge is 0 e. The Morgan fingerprint density at radius 2 is 0.750 bits per heavy atom. The number of hydrogen-bond acceptors (Lipinski definition) is 0. The molecule has 0 spiro atoms. The van der Waals surface area contributed by atoms with E-state index in [2.05, 4.69) is 0 Å².